The molecule has 0 radical (unpaired) electrons. The van der Waals surface area contributed by atoms with Gasteiger partial charge in [0, 0.05) is 5.56 Å². The normalized spacial score (nSPS) is 22.6. The van der Waals surface area contributed by atoms with Gasteiger partial charge in [0.15, 0.2) is 9.84 Å². The lowest BCUT2D eigenvalue weighted by atomic mass is 10.0. The van der Waals surface area contributed by atoms with Crippen LogP contribution in [0.2, 0.25) is 0 Å². The summed E-state index contributed by atoms with van der Waals surface area (Å²) in [4.78, 5) is 0. The minimum absolute atomic E-state index is 0.0956. The van der Waals surface area contributed by atoms with Gasteiger partial charge in [0.25, 0.3) is 0 Å². The highest BCUT2D eigenvalue weighted by Crippen LogP contribution is 2.36. The monoisotopic (exact) mass is 295 g/mol. The molecule has 2 aromatic rings. The summed E-state index contributed by atoms with van der Waals surface area (Å²) < 4.78 is 30.9. The number of ether oxygens (including phenoxy) is 1. The minimum Gasteiger partial charge on any atom is -0.492 e. The van der Waals surface area contributed by atoms with Gasteiger partial charge in [-0.05, 0) is 17.5 Å². The first kappa shape index (κ1) is 12.7. The van der Waals surface area contributed by atoms with Gasteiger partial charge in [-0.1, -0.05) is 24.3 Å². The summed E-state index contributed by atoms with van der Waals surface area (Å²) in [6.07, 6.45) is 0. The molecule has 0 aliphatic carbocycles. The average molecular weight is 295 g/mol. The number of sulfone groups is 1. The van der Waals surface area contributed by atoms with Crippen LogP contribution in [0.3, 0.4) is 0 Å². The molecule has 1 aromatic carbocycles. The molecule has 1 aliphatic rings. The van der Waals surface area contributed by atoms with E-state index >= 15 is 0 Å². The van der Waals surface area contributed by atoms with Crippen molar-refractivity contribution in [3.63, 3.8) is 0 Å². The zero-order valence-corrected chi connectivity index (χ0v) is 11.7. The summed E-state index contributed by atoms with van der Waals surface area (Å²) in [6.45, 7) is 0.0956. The quantitative estimate of drug-likeness (QED) is 0.920. The van der Waals surface area contributed by atoms with Gasteiger partial charge < -0.3 is 10.5 Å². The van der Waals surface area contributed by atoms with Crippen LogP contribution in [0.25, 0.3) is 0 Å². The Morgan fingerprint density at radius 1 is 1.21 bits per heavy atom. The second-order valence-corrected chi connectivity index (χ2v) is 7.73. The Kier molecular flexibility index (Phi) is 3.08. The van der Waals surface area contributed by atoms with E-state index in [-0.39, 0.29) is 6.61 Å². The Morgan fingerprint density at radius 3 is 2.74 bits per heavy atom. The molecule has 1 aromatic heterocycles. The van der Waals surface area contributed by atoms with Crippen molar-refractivity contribution in [2.45, 2.75) is 15.5 Å². The van der Waals surface area contributed by atoms with Crippen LogP contribution in [0.5, 0.6) is 5.75 Å². The molecule has 3 rings (SSSR count). The molecule has 0 spiro atoms. The van der Waals surface area contributed by atoms with Crippen LogP contribution in [0, 0.1) is 0 Å². The first-order chi connectivity index (χ1) is 9.10. The highest BCUT2D eigenvalue weighted by molar-refractivity contribution is 7.94. The molecule has 2 heterocycles. The second-order valence-electron chi connectivity index (χ2n) is 4.39. The summed E-state index contributed by atoms with van der Waals surface area (Å²) in [7, 11) is -3.44. The van der Waals surface area contributed by atoms with E-state index in [0.717, 1.165) is 5.56 Å². The van der Waals surface area contributed by atoms with Crippen molar-refractivity contribution in [3.8, 4) is 5.75 Å². The van der Waals surface area contributed by atoms with E-state index in [1.807, 2.05) is 24.3 Å². The summed E-state index contributed by atoms with van der Waals surface area (Å²) in [5, 5.41) is 1.01. The first-order valence-electron chi connectivity index (χ1n) is 5.85. The number of para-hydroxylation sites is 1. The fourth-order valence-corrected chi connectivity index (χ4v) is 5.09. The predicted octanol–water partition coefficient (Wildman–Crippen LogP) is 1.98. The number of thiophene rings is 1. The predicted molar refractivity (Wildman–Crippen MR) is 74.2 cm³/mol. The largest absolute Gasteiger partial charge is 0.492 e. The molecule has 19 heavy (non-hydrogen) atoms. The van der Waals surface area contributed by atoms with Gasteiger partial charge in [-0.3, -0.25) is 0 Å². The molecule has 6 heteroatoms. The van der Waals surface area contributed by atoms with Crippen molar-refractivity contribution in [1.82, 2.24) is 0 Å². The Morgan fingerprint density at radius 2 is 2.00 bits per heavy atom. The Balaban J connectivity index is 2.01. The molecule has 0 fully saturated rings. The van der Waals surface area contributed by atoms with Gasteiger partial charge in [-0.2, -0.15) is 0 Å². The molecule has 2 atom stereocenters. The lowest BCUT2D eigenvalue weighted by Crippen LogP contribution is -2.41. The van der Waals surface area contributed by atoms with Crippen LogP contribution in [0.15, 0.2) is 46.0 Å². The van der Waals surface area contributed by atoms with E-state index in [2.05, 4.69) is 0 Å². The third-order valence-electron chi connectivity index (χ3n) is 3.26. The van der Waals surface area contributed by atoms with Crippen molar-refractivity contribution in [2.24, 2.45) is 5.73 Å². The van der Waals surface area contributed by atoms with Gasteiger partial charge in [-0.25, -0.2) is 8.42 Å². The third-order valence-corrected chi connectivity index (χ3v) is 6.83. The number of benzene rings is 1. The van der Waals surface area contributed by atoms with E-state index in [1.165, 1.54) is 11.3 Å². The van der Waals surface area contributed by atoms with Gasteiger partial charge in [0.1, 0.15) is 21.8 Å². The van der Waals surface area contributed by atoms with Crippen LogP contribution >= 0.6 is 11.3 Å². The molecule has 100 valence electrons. The van der Waals surface area contributed by atoms with Gasteiger partial charge in [0.2, 0.25) is 0 Å². The van der Waals surface area contributed by atoms with Crippen LogP contribution in [-0.4, -0.2) is 20.3 Å². The molecular formula is C13H13NO3S2. The lowest BCUT2D eigenvalue weighted by Gasteiger charge is -2.30. The molecule has 1 aliphatic heterocycles. The maximum Gasteiger partial charge on any atom is 0.195 e. The van der Waals surface area contributed by atoms with E-state index < -0.39 is 21.1 Å². The second kappa shape index (κ2) is 4.63. The zero-order chi connectivity index (χ0) is 13.5. The van der Waals surface area contributed by atoms with Crippen LogP contribution in [0.1, 0.15) is 11.6 Å². The molecule has 2 unspecified atom stereocenters. The van der Waals surface area contributed by atoms with Crippen molar-refractivity contribution < 1.29 is 13.2 Å². The fraction of sp³-hybridized carbons (Fsp3) is 0.231. The number of fused-ring (bicyclic) bond motifs is 1. The smallest absolute Gasteiger partial charge is 0.195 e. The Bertz CT molecular complexity index is 680. The molecular weight excluding hydrogens is 282 g/mol. The van der Waals surface area contributed by atoms with Crippen molar-refractivity contribution >= 4 is 21.2 Å². The summed E-state index contributed by atoms with van der Waals surface area (Å²) in [6, 6.07) is 10.1. The molecule has 2 N–H and O–H groups in total. The highest BCUT2D eigenvalue weighted by atomic mass is 32.2. The summed E-state index contributed by atoms with van der Waals surface area (Å²) in [5.74, 6) is 0.674. The van der Waals surface area contributed by atoms with Crippen molar-refractivity contribution in [1.29, 1.82) is 0 Å². The summed E-state index contributed by atoms with van der Waals surface area (Å²) >= 11 is 1.21. The van der Waals surface area contributed by atoms with Crippen molar-refractivity contribution in [2.75, 3.05) is 6.61 Å². The summed E-state index contributed by atoms with van der Waals surface area (Å²) in [5.41, 5.74) is 6.88. The van der Waals surface area contributed by atoms with E-state index in [1.54, 1.807) is 17.5 Å². The van der Waals surface area contributed by atoms with Crippen molar-refractivity contribution in [3.05, 3.63) is 47.3 Å². The molecule has 0 saturated carbocycles. The van der Waals surface area contributed by atoms with E-state index in [0.29, 0.717) is 9.96 Å². The number of rotatable bonds is 2. The topological polar surface area (TPSA) is 69.4 Å². The van der Waals surface area contributed by atoms with Crippen LogP contribution in [-0.2, 0) is 9.84 Å². The van der Waals surface area contributed by atoms with Crippen LogP contribution < -0.4 is 10.5 Å². The van der Waals surface area contributed by atoms with Crippen LogP contribution in [0.4, 0.5) is 0 Å². The van der Waals surface area contributed by atoms with E-state index in [4.69, 9.17) is 10.5 Å². The first-order valence-corrected chi connectivity index (χ1v) is 8.28. The van der Waals surface area contributed by atoms with Gasteiger partial charge >= 0.3 is 0 Å². The number of hydrogen-bond donors (Lipinski definition) is 1. The SMILES string of the molecule is NC1c2ccccc2OCC1S(=O)(=O)c1cccs1. The third kappa shape index (κ3) is 2.05. The van der Waals surface area contributed by atoms with Gasteiger partial charge in [-0.15, -0.1) is 11.3 Å². The van der Waals surface area contributed by atoms with Gasteiger partial charge in [0.05, 0.1) is 6.04 Å². The molecule has 0 amide bonds. The zero-order valence-electron chi connectivity index (χ0n) is 10.0. The molecule has 0 saturated heterocycles. The van der Waals surface area contributed by atoms with E-state index in [9.17, 15) is 8.42 Å². The molecule has 0 bridgehead atoms. The standard InChI is InChI=1S/C13H13NO3S2/c14-13-9-4-1-2-5-10(9)17-8-11(13)19(15,16)12-6-3-7-18-12/h1-7,11,13H,8,14H2. The number of hydrogen-bond acceptors (Lipinski definition) is 5. The highest BCUT2D eigenvalue weighted by Gasteiger charge is 2.38. The lowest BCUT2D eigenvalue weighted by molar-refractivity contribution is 0.270. The Labute approximate surface area is 115 Å². The minimum atomic E-state index is -3.44. The Hall–Kier alpha value is -1.37. The number of nitrogens with two attached hydrogens (primary N) is 1. The average Bonchev–Trinajstić information content (AvgIpc) is 2.94. The maximum absolute atomic E-state index is 12.5. The maximum atomic E-state index is 12.5. The molecule has 4 nitrogen and oxygen atoms in total. The fourth-order valence-electron chi connectivity index (χ4n) is 2.22.